The molecule has 0 bridgehead atoms. The maximum absolute atomic E-state index is 12.6. The van der Waals surface area contributed by atoms with Crippen molar-refractivity contribution < 1.29 is 23.9 Å². The van der Waals surface area contributed by atoms with Gasteiger partial charge in [-0.1, -0.05) is 54.1 Å². The van der Waals surface area contributed by atoms with Crippen LogP contribution in [0.4, 0.5) is 0 Å². The molecule has 0 N–H and O–H groups in total. The molecule has 150 valence electrons. The second-order valence-electron chi connectivity index (χ2n) is 6.52. The van der Waals surface area contributed by atoms with Crippen LogP contribution in [0.15, 0.2) is 72.8 Å². The molecule has 0 fully saturated rings. The van der Waals surface area contributed by atoms with Crippen molar-refractivity contribution in [3.05, 3.63) is 100 Å². The number of imide groups is 1. The lowest BCUT2D eigenvalue weighted by molar-refractivity contribution is 0.0225. The number of halogens is 1. The summed E-state index contributed by atoms with van der Waals surface area (Å²) in [5.74, 6) is -1.38. The highest BCUT2D eigenvalue weighted by molar-refractivity contribution is 6.31. The Hall–Kier alpha value is -3.64. The fourth-order valence-corrected chi connectivity index (χ4v) is 3.28. The van der Waals surface area contributed by atoms with E-state index in [-0.39, 0.29) is 12.2 Å². The average molecular weight is 422 g/mol. The summed E-state index contributed by atoms with van der Waals surface area (Å²) in [5.41, 5.74) is 1.54. The summed E-state index contributed by atoms with van der Waals surface area (Å²) in [4.78, 5) is 38.3. The van der Waals surface area contributed by atoms with Crippen LogP contribution in [0, 0.1) is 0 Å². The minimum absolute atomic E-state index is 0.169. The van der Waals surface area contributed by atoms with Crippen molar-refractivity contribution in [3.8, 4) is 5.75 Å². The third-order valence-electron chi connectivity index (χ3n) is 4.65. The average Bonchev–Trinajstić information content (AvgIpc) is 3.02. The van der Waals surface area contributed by atoms with E-state index in [1.165, 1.54) is 0 Å². The Morgan fingerprint density at radius 3 is 2.13 bits per heavy atom. The fraction of sp³-hybridized carbons (Fsp3) is 0.0870. The van der Waals surface area contributed by atoms with E-state index in [4.69, 9.17) is 21.1 Å². The summed E-state index contributed by atoms with van der Waals surface area (Å²) in [7, 11) is 0. The van der Waals surface area contributed by atoms with Gasteiger partial charge in [0.15, 0.2) is 6.73 Å². The maximum atomic E-state index is 12.6. The summed E-state index contributed by atoms with van der Waals surface area (Å²) in [6.45, 7) is -0.313. The second kappa shape index (κ2) is 8.39. The number of ether oxygens (including phenoxy) is 2. The van der Waals surface area contributed by atoms with E-state index < -0.39 is 24.5 Å². The molecule has 3 aromatic carbocycles. The molecule has 0 atom stereocenters. The zero-order valence-corrected chi connectivity index (χ0v) is 16.5. The van der Waals surface area contributed by atoms with Crippen LogP contribution in [-0.2, 0) is 11.3 Å². The smallest absolute Gasteiger partial charge is 0.343 e. The number of carbonyl (C=O) groups is 3. The van der Waals surface area contributed by atoms with Crippen LogP contribution in [0.25, 0.3) is 0 Å². The highest BCUT2D eigenvalue weighted by atomic mass is 35.5. The largest absolute Gasteiger partial charge is 0.488 e. The number of hydrogen-bond donors (Lipinski definition) is 0. The topological polar surface area (TPSA) is 72.9 Å². The molecule has 4 rings (SSSR count). The van der Waals surface area contributed by atoms with Gasteiger partial charge < -0.3 is 9.47 Å². The molecule has 3 aromatic rings. The van der Waals surface area contributed by atoms with Gasteiger partial charge in [0, 0.05) is 10.6 Å². The summed E-state index contributed by atoms with van der Waals surface area (Å²) in [6, 6.07) is 20.3. The van der Waals surface area contributed by atoms with Crippen molar-refractivity contribution in [2.45, 2.75) is 6.61 Å². The van der Waals surface area contributed by atoms with Crippen molar-refractivity contribution in [1.29, 1.82) is 0 Å². The monoisotopic (exact) mass is 421 g/mol. The first-order valence-corrected chi connectivity index (χ1v) is 9.51. The van der Waals surface area contributed by atoms with Crippen molar-refractivity contribution >= 4 is 29.4 Å². The molecule has 30 heavy (non-hydrogen) atoms. The highest BCUT2D eigenvalue weighted by Gasteiger charge is 2.36. The lowest BCUT2D eigenvalue weighted by Crippen LogP contribution is -2.33. The molecule has 2 amide bonds. The summed E-state index contributed by atoms with van der Waals surface area (Å²) in [5, 5.41) is 0.559. The predicted molar refractivity (Wildman–Crippen MR) is 109 cm³/mol. The molecule has 1 heterocycles. The second-order valence-corrected chi connectivity index (χ2v) is 6.93. The molecule has 0 saturated heterocycles. The molecule has 0 radical (unpaired) electrons. The van der Waals surface area contributed by atoms with Crippen molar-refractivity contribution in [1.82, 2.24) is 4.90 Å². The van der Waals surface area contributed by atoms with Gasteiger partial charge in [-0.2, -0.15) is 0 Å². The molecule has 0 unspecified atom stereocenters. The Bertz CT molecular complexity index is 1110. The molecule has 0 saturated carbocycles. The van der Waals surface area contributed by atoms with E-state index in [0.717, 1.165) is 10.5 Å². The third kappa shape index (κ3) is 3.77. The Morgan fingerprint density at radius 1 is 0.833 bits per heavy atom. The molecule has 1 aliphatic heterocycles. The molecular formula is C23H16ClNO5. The van der Waals surface area contributed by atoms with Gasteiger partial charge in [-0.25, -0.2) is 9.69 Å². The first-order valence-electron chi connectivity index (χ1n) is 9.14. The van der Waals surface area contributed by atoms with Gasteiger partial charge in [0.1, 0.15) is 17.9 Å². The number of nitrogens with zero attached hydrogens (tertiary/aromatic N) is 1. The van der Waals surface area contributed by atoms with Crippen LogP contribution in [0.1, 0.15) is 36.6 Å². The first kappa shape index (κ1) is 19.7. The van der Waals surface area contributed by atoms with Crippen molar-refractivity contribution in [3.63, 3.8) is 0 Å². The van der Waals surface area contributed by atoms with Crippen LogP contribution in [-0.4, -0.2) is 29.4 Å². The summed E-state index contributed by atoms with van der Waals surface area (Å²) >= 11 is 6.14. The number of para-hydroxylation sites is 1. The molecule has 0 aliphatic carbocycles. The molecule has 0 spiro atoms. The SMILES string of the molecule is O=C(OCN1C(=O)c2ccccc2C1=O)c1ccccc1OCc1ccccc1Cl. The zero-order chi connectivity index (χ0) is 21.1. The summed E-state index contributed by atoms with van der Waals surface area (Å²) in [6.07, 6.45) is 0. The van der Waals surface area contributed by atoms with E-state index in [9.17, 15) is 14.4 Å². The van der Waals surface area contributed by atoms with Crippen LogP contribution in [0.2, 0.25) is 5.02 Å². The Kier molecular flexibility index (Phi) is 5.50. The number of esters is 1. The van der Waals surface area contributed by atoms with E-state index in [0.29, 0.717) is 21.9 Å². The number of benzene rings is 3. The summed E-state index contributed by atoms with van der Waals surface area (Å²) < 4.78 is 11.0. The van der Waals surface area contributed by atoms with Crippen molar-refractivity contribution in [2.24, 2.45) is 0 Å². The molecule has 7 heteroatoms. The third-order valence-corrected chi connectivity index (χ3v) is 5.02. The van der Waals surface area contributed by atoms with E-state index in [2.05, 4.69) is 0 Å². The predicted octanol–water partition coefficient (Wildman–Crippen LogP) is 4.33. The standard InChI is InChI=1S/C23H16ClNO5/c24-19-11-5-1-7-15(19)13-29-20-12-6-4-10-18(20)23(28)30-14-25-21(26)16-8-2-3-9-17(16)22(25)27/h1-12H,13-14H2. The lowest BCUT2D eigenvalue weighted by atomic mass is 10.1. The Balaban J connectivity index is 1.44. The molecular weight excluding hydrogens is 406 g/mol. The lowest BCUT2D eigenvalue weighted by Gasteiger charge is -2.15. The van der Waals surface area contributed by atoms with E-state index in [1.807, 2.05) is 18.2 Å². The Labute approximate surface area is 177 Å². The number of amides is 2. The van der Waals surface area contributed by atoms with E-state index >= 15 is 0 Å². The van der Waals surface area contributed by atoms with Crippen LogP contribution >= 0.6 is 11.6 Å². The van der Waals surface area contributed by atoms with Crippen LogP contribution < -0.4 is 4.74 Å². The van der Waals surface area contributed by atoms with Gasteiger partial charge >= 0.3 is 5.97 Å². The molecule has 6 nitrogen and oxygen atoms in total. The van der Waals surface area contributed by atoms with Gasteiger partial charge in [0.2, 0.25) is 0 Å². The van der Waals surface area contributed by atoms with Gasteiger partial charge in [0.05, 0.1) is 11.1 Å². The highest BCUT2D eigenvalue weighted by Crippen LogP contribution is 2.25. The number of hydrogen-bond acceptors (Lipinski definition) is 5. The van der Waals surface area contributed by atoms with Gasteiger partial charge in [-0.05, 0) is 30.3 Å². The minimum atomic E-state index is -0.707. The van der Waals surface area contributed by atoms with Gasteiger partial charge in [-0.15, -0.1) is 0 Å². The fourth-order valence-electron chi connectivity index (χ4n) is 3.09. The van der Waals surface area contributed by atoms with Gasteiger partial charge in [-0.3, -0.25) is 9.59 Å². The number of fused-ring (bicyclic) bond motifs is 1. The quantitative estimate of drug-likeness (QED) is 0.437. The van der Waals surface area contributed by atoms with E-state index in [1.54, 1.807) is 54.6 Å². The van der Waals surface area contributed by atoms with Crippen molar-refractivity contribution in [2.75, 3.05) is 6.73 Å². The minimum Gasteiger partial charge on any atom is -0.488 e. The zero-order valence-electron chi connectivity index (χ0n) is 15.7. The first-order chi connectivity index (χ1) is 14.6. The van der Waals surface area contributed by atoms with Crippen LogP contribution in [0.3, 0.4) is 0 Å². The number of rotatable bonds is 6. The van der Waals surface area contributed by atoms with Crippen LogP contribution in [0.5, 0.6) is 5.75 Å². The maximum Gasteiger partial charge on any atom is 0.343 e. The van der Waals surface area contributed by atoms with Gasteiger partial charge in [0.25, 0.3) is 11.8 Å². The molecule has 0 aromatic heterocycles. The molecule has 1 aliphatic rings. The number of carbonyl (C=O) groups excluding carboxylic acids is 3. The normalized spacial score (nSPS) is 12.6. The Morgan fingerprint density at radius 2 is 1.43 bits per heavy atom.